The maximum Gasteiger partial charge on any atom is 0.159 e. The highest BCUT2D eigenvalue weighted by Gasteiger charge is 2.10. The van der Waals surface area contributed by atoms with Crippen LogP contribution < -0.4 is 10.1 Å². The van der Waals surface area contributed by atoms with Crippen LogP contribution in [-0.4, -0.2) is 40.7 Å². The molecule has 32 heavy (non-hydrogen) atoms. The number of aliphatic hydroxyl groups is 1. The number of nitrogens with one attached hydrogen (secondary N) is 1. The monoisotopic (exact) mass is 436 g/mol. The van der Waals surface area contributed by atoms with E-state index in [0.717, 1.165) is 30.5 Å². The normalized spacial score (nSPS) is 13.3. The first-order valence-electron chi connectivity index (χ1n) is 11.1. The van der Waals surface area contributed by atoms with Crippen LogP contribution in [0.1, 0.15) is 42.8 Å². The van der Waals surface area contributed by atoms with E-state index in [-0.39, 0.29) is 18.4 Å². The zero-order valence-electron chi connectivity index (χ0n) is 18.7. The van der Waals surface area contributed by atoms with Gasteiger partial charge in [0.05, 0.1) is 5.69 Å². The first-order chi connectivity index (χ1) is 15.5. The number of aromatic nitrogens is 1. The summed E-state index contributed by atoms with van der Waals surface area (Å²) in [6, 6.07) is 17.1. The van der Waals surface area contributed by atoms with Crippen molar-refractivity contribution in [3.8, 4) is 11.5 Å². The number of aromatic hydroxyl groups is 1. The van der Waals surface area contributed by atoms with Crippen molar-refractivity contribution in [2.75, 3.05) is 13.2 Å². The maximum absolute atomic E-state index is 10.3. The van der Waals surface area contributed by atoms with Crippen LogP contribution in [0.3, 0.4) is 0 Å². The van der Waals surface area contributed by atoms with E-state index < -0.39 is 6.10 Å². The van der Waals surface area contributed by atoms with Crippen LogP contribution in [-0.2, 0) is 12.8 Å². The van der Waals surface area contributed by atoms with Crippen molar-refractivity contribution in [1.29, 1.82) is 0 Å². The van der Waals surface area contributed by atoms with Crippen molar-refractivity contribution in [1.82, 2.24) is 10.5 Å². The molecule has 6 heteroatoms. The SMILES string of the molecule is CCc1cc(C=Cc2ccccc2OCC(O)CNC(C)CCc2ccc(O)cc2)on1. The predicted molar refractivity (Wildman–Crippen MR) is 127 cm³/mol. The van der Waals surface area contributed by atoms with Gasteiger partial charge in [0, 0.05) is 24.2 Å². The summed E-state index contributed by atoms with van der Waals surface area (Å²) in [5.74, 6) is 1.68. The molecule has 0 aliphatic rings. The number of para-hydroxylation sites is 1. The molecule has 0 aliphatic carbocycles. The maximum atomic E-state index is 10.3. The minimum Gasteiger partial charge on any atom is -0.508 e. The van der Waals surface area contributed by atoms with Crippen LogP contribution in [0.15, 0.2) is 59.1 Å². The minimum atomic E-state index is -0.621. The van der Waals surface area contributed by atoms with Crippen LogP contribution in [0.25, 0.3) is 12.2 Å². The molecule has 2 unspecified atom stereocenters. The Balaban J connectivity index is 1.43. The van der Waals surface area contributed by atoms with Gasteiger partial charge in [0.15, 0.2) is 5.76 Å². The second-order valence-corrected chi connectivity index (χ2v) is 7.92. The van der Waals surface area contributed by atoms with E-state index in [1.807, 2.05) is 61.5 Å². The second-order valence-electron chi connectivity index (χ2n) is 7.92. The van der Waals surface area contributed by atoms with Crippen molar-refractivity contribution < 1.29 is 19.5 Å². The van der Waals surface area contributed by atoms with Gasteiger partial charge in [-0.1, -0.05) is 42.4 Å². The Labute approximate surface area is 189 Å². The average Bonchev–Trinajstić information content (AvgIpc) is 3.28. The zero-order chi connectivity index (χ0) is 22.8. The van der Waals surface area contributed by atoms with E-state index in [2.05, 4.69) is 17.4 Å². The molecule has 2 atom stereocenters. The van der Waals surface area contributed by atoms with Crippen LogP contribution in [0.2, 0.25) is 0 Å². The summed E-state index contributed by atoms with van der Waals surface area (Å²) in [7, 11) is 0. The highest BCUT2D eigenvalue weighted by Crippen LogP contribution is 2.21. The van der Waals surface area contributed by atoms with Gasteiger partial charge in [-0.3, -0.25) is 0 Å². The van der Waals surface area contributed by atoms with Crippen molar-refractivity contribution in [3.63, 3.8) is 0 Å². The topological polar surface area (TPSA) is 87.8 Å². The Hall–Kier alpha value is -3.09. The zero-order valence-corrected chi connectivity index (χ0v) is 18.7. The fourth-order valence-corrected chi connectivity index (χ4v) is 3.22. The van der Waals surface area contributed by atoms with E-state index >= 15 is 0 Å². The first kappa shape index (κ1) is 23.6. The van der Waals surface area contributed by atoms with Gasteiger partial charge in [-0.15, -0.1) is 0 Å². The summed E-state index contributed by atoms with van der Waals surface area (Å²) in [6.45, 7) is 4.78. The first-order valence-corrected chi connectivity index (χ1v) is 11.1. The Morgan fingerprint density at radius 3 is 2.66 bits per heavy atom. The molecule has 0 saturated heterocycles. The summed E-state index contributed by atoms with van der Waals surface area (Å²) >= 11 is 0. The Morgan fingerprint density at radius 1 is 1.12 bits per heavy atom. The van der Waals surface area contributed by atoms with Gasteiger partial charge >= 0.3 is 0 Å². The van der Waals surface area contributed by atoms with Gasteiger partial charge < -0.3 is 24.8 Å². The predicted octanol–water partition coefficient (Wildman–Crippen LogP) is 4.46. The van der Waals surface area contributed by atoms with E-state index in [9.17, 15) is 10.2 Å². The third-order valence-corrected chi connectivity index (χ3v) is 5.22. The summed E-state index contributed by atoms with van der Waals surface area (Å²) in [4.78, 5) is 0. The molecule has 0 fully saturated rings. The van der Waals surface area contributed by atoms with Crippen molar-refractivity contribution in [2.24, 2.45) is 0 Å². The van der Waals surface area contributed by atoms with Gasteiger partial charge in [0.1, 0.15) is 24.2 Å². The molecular weight excluding hydrogens is 404 g/mol. The van der Waals surface area contributed by atoms with Gasteiger partial charge in [-0.25, -0.2) is 0 Å². The number of phenols is 1. The third kappa shape index (κ3) is 7.55. The lowest BCUT2D eigenvalue weighted by molar-refractivity contribution is 0.104. The minimum absolute atomic E-state index is 0.199. The third-order valence-electron chi connectivity index (χ3n) is 5.22. The van der Waals surface area contributed by atoms with Crippen LogP contribution >= 0.6 is 0 Å². The summed E-state index contributed by atoms with van der Waals surface area (Å²) in [6.07, 6.45) is 5.84. The number of hydrogen-bond donors (Lipinski definition) is 3. The number of ether oxygens (including phenoxy) is 1. The molecule has 3 aromatic rings. The highest BCUT2D eigenvalue weighted by atomic mass is 16.5. The molecule has 3 N–H and O–H groups in total. The van der Waals surface area contributed by atoms with E-state index in [1.165, 1.54) is 5.56 Å². The fourth-order valence-electron chi connectivity index (χ4n) is 3.22. The van der Waals surface area contributed by atoms with Crippen molar-refractivity contribution in [3.05, 3.63) is 77.2 Å². The van der Waals surface area contributed by atoms with Gasteiger partial charge in [-0.05, 0) is 62.1 Å². The molecule has 1 heterocycles. The lowest BCUT2D eigenvalue weighted by Gasteiger charge is -2.18. The highest BCUT2D eigenvalue weighted by molar-refractivity contribution is 5.70. The number of benzene rings is 2. The number of aliphatic hydroxyl groups excluding tert-OH is 1. The average molecular weight is 437 g/mol. The molecule has 0 saturated carbocycles. The summed E-state index contributed by atoms with van der Waals surface area (Å²) in [5.41, 5.74) is 3.01. The lowest BCUT2D eigenvalue weighted by atomic mass is 10.1. The fraction of sp³-hybridized carbons (Fsp3) is 0.346. The molecule has 0 amide bonds. The van der Waals surface area contributed by atoms with Gasteiger partial charge in [-0.2, -0.15) is 0 Å². The molecule has 0 spiro atoms. The number of hydrogen-bond acceptors (Lipinski definition) is 6. The quantitative estimate of drug-likeness (QED) is 0.388. The molecule has 0 bridgehead atoms. The number of phenolic OH excluding ortho intramolecular Hbond substituents is 1. The molecule has 0 radical (unpaired) electrons. The summed E-state index contributed by atoms with van der Waals surface area (Å²) < 4.78 is 11.2. The van der Waals surface area contributed by atoms with E-state index in [0.29, 0.717) is 18.1 Å². The number of nitrogens with zero attached hydrogens (tertiary/aromatic N) is 1. The molecule has 1 aromatic heterocycles. The largest absolute Gasteiger partial charge is 0.508 e. The van der Waals surface area contributed by atoms with Gasteiger partial charge in [0.25, 0.3) is 0 Å². The molecule has 2 aromatic carbocycles. The second kappa shape index (κ2) is 12.1. The molecule has 3 rings (SSSR count). The van der Waals surface area contributed by atoms with Crippen molar-refractivity contribution >= 4 is 12.2 Å². The molecule has 6 nitrogen and oxygen atoms in total. The van der Waals surface area contributed by atoms with Crippen molar-refractivity contribution in [2.45, 2.75) is 45.3 Å². The molecule has 170 valence electrons. The van der Waals surface area contributed by atoms with Gasteiger partial charge in [0.2, 0.25) is 0 Å². The Morgan fingerprint density at radius 2 is 1.91 bits per heavy atom. The number of rotatable bonds is 12. The van der Waals surface area contributed by atoms with Crippen LogP contribution in [0.4, 0.5) is 0 Å². The number of aryl methyl sites for hydroxylation is 2. The molecular formula is C26H32N2O4. The smallest absolute Gasteiger partial charge is 0.159 e. The Kier molecular flexibility index (Phi) is 8.90. The van der Waals surface area contributed by atoms with Crippen LogP contribution in [0, 0.1) is 0 Å². The molecule has 0 aliphatic heterocycles. The van der Waals surface area contributed by atoms with Crippen LogP contribution in [0.5, 0.6) is 11.5 Å². The van der Waals surface area contributed by atoms with E-state index in [1.54, 1.807) is 12.1 Å². The lowest BCUT2D eigenvalue weighted by Crippen LogP contribution is -2.36. The summed E-state index contributed by atoms with van der Waals surface area (Å²) in [5, 5.41) is 27.1. The Bertz CT molecular complexity index is 982. The standard InChI is InChI=1S/C26H32N2O4/c1-3-22-16-25(32-28-22)15-12-21-6-4-5-7-26(21)31-18-24(30)17-27-19(2)8-9-20-10-13-23(29)14-11-20/h4-7,10-16,19,24,27,29-30H,3,8-9,17-18H2,1-2H3. The van der Waals surface area contributed by atoms with E-state index in [4.69, 9.17) is 9.26 Å².